The third kappa shape index (κ3) is 9.97. The lowest BCUT2D eigenvalue weighted by atomic mass is 10.1. The van der Waals surface area contributed by atoms with Crippen LogP contribution in [0.1, 0.15) is 59.3 Å². The summed E-state index contributed by atoms with van der Waals surface area (Å²) >= 11 is 0. The molecule has 0 saturated carbocycles. The molecule has 1 unspecified atom stereocenters. The Bertz CT molecular complexity index is 171. The van der Waals surface area contributed by atoms with Crippen LogP contribution in [0.3, 0.4) is 0 Å². The Morgan fingerprint density at radius 2 is 1.88 bits per heavy atom. The van der Waals surface area contributed by atoms with E-state index in [1.54, 1.807) is 0 Å². The maximum atomic E-state index is 11.3. The quantitative estimate of drug-likeness (QED) is 0.462. The Labute approximate surface area is 99.9 Å². The molecule has 0 rings (SSSR count). The highest BCUT2D eigenvalue weighted by Crippen LogP contribution is 2.02. The molecule has 0 aliphatic carbocycles. The number of hydrogen-bond donors (Lipinski definition) is 1. The van der Waals surface area contributed by atoms with Gasteiger partial charge in [0.1, 0.15) is 0 Å². The van der Waals surface area contributed by atoms with Crippen molar-refractivity contribution in [2.75, 3.05) is 13.2 Å². The molecular weight excluding hydrogens is 202 g/mol. The minimum atomic E-state index is -0.129. The van der Waals surface area contributed by atoms with Crippen LogP contribution in [-0.4, -0.2) is 25.2 Å². The van der Waals surface area contributed by atoms with Crippen molar-refractivity contribution in [1.82, 2.24) is 5.32 Å². The summed E-state index contributed by atoms with van der Waals surface area (Å²) in [5.74, 6) is -0.129. The van der Waals surface area contributed by atoms with E-state index in [0.717, 1.165) is 19.3 Å². The number of carbonyl (C=O) groups excluding carboxylic acids is 1. The fourth-order valence-corrected chi connectivity index (χ4v) is 1.44. The summed E-state index contributed by atoms with van der Waals surface area (Å²) in [5.41, 5.74) is 0. The Balaban J connectivity index is 3.36. The number of carbonyl (C=O) groups is 1. The summed E-state index contributed by atoms with van der Waals surface area (Å²) in [4.78, 5) is 11.3. The molecule has 0 aromatic rings. The molecular formula is C13H27NO2. The minimum absolute atomic E-state index is 0.129. The van der Waals surface area contributed by atoms with E-state index in [1.807, 2.05) is 0 Å². The molecule has 0 saturated heterocycles. The Morgan fingerprint density at radius 1 is 1.19 bits per heavy atom. The summed E-state index contributed by atoms with van der Waals surface area (Å²) in [6.45, 7) is 7.30. The summed E-state index contributed by atoms with van der Waals surface area (Å²) < 4.78 is 5.06. The van der Waals surface area contributed by atoms with E-state index in [0.29, 0.717) is 19.2 Å². The molecule has 0 aliphatic heterocycles. The number of rotatable bonds is 10. The molecule has 3 nitrogen and oxygen atoms in total. The molecule has 0 radical (unpaired) electrons. The first-order valence-electron chi connectivity index (χ1n) is 6.59. The first-order chi connectivity index (χ1) is 7.70. The molecule has 0 aromatic heterocycles. The first-order valence-corrected chi connectivity index (χ1v) is 6.59. The molecule has 96 valence electrons. The van der Waals surface area contributed by atoms with Gasteiger partial charge in [0.05, 0.1) is 13.2 Å². The van der Waals surface area contributed by atoms with Crippen molar-refractivity contribution >= 4 is 5.97 Å². The van der Waals surface area contributed by atoms with Gasteiger partial charge in [-0.3, -0.25) is 4.79 Å². The van der Waals surface area contributed by atoms with Gasteiger partial charge in [0, 0.05) is 6.04 Å². The fourth-order valence-electron chi connectivity index (χ4n) is 1.44. The minimum Gasteiger partial charge on any atom is -0.465 e. The van der Waals surface area contributed by atoms with Crippen molar-refractivity contribution in [3.8, 4) is 0 Å². The number of hydrogen-bond acceptors (Lipinski definition) is 3. The molecule has 3 heteroatoms. The highest BCUT2D eigenvalue weighted by Gasteiger charge is 2.05. The molecule has 0 aromatic carbocycles. The Morgan fingerprint density at radius 3 is 2.50 bits per heavy atom. The molecule has 1 atom stereocenters. The number of ether oxygens (including phenoxy) is 1. The third-order valence-corrected chi connectivity index (χ3v) is 2.60. The Kier molecular flexibility index (Phi) is 10.5. The molecule has 0 heterocycles. The zero-order valence-corrected chi connectivity index (χ0v) is 11.1. The van der Waals surface area contributed by atoms with E-state index in [-0.39, 0.29) is 5.97 Å². The highest BCUT2D eigenvalue weighted by molar-refractivity contribution is 5.71. The molecule has 0 bridgehead atoms. The summed E-state index contributed by atoms with van der Waals surface area (Å²) in [6, 6.07) is 0.408. The maximum Gasteiger partial charge on any atom is 0.319 e. The van der Waals surface area contributed by atoms with Gasteiger partial charge >= 0.3 is 5.97 Å². The van der Waals surface area contributed by atoms with Gasteiger partial charge in [-0.15, -0.1) is 0 Å². The molecule has 0 aliphatic rings. The van der Waals surface area contributed by atoms with Gasteiger partial charge in [0.15, 0.2) is 0 Å². The SMILES string of the molecule is CCCCCC(C)NCC(=O)OCCCC. The van der Waals surface area contributed by atoms with Gasteiger partial charge in [-0.2, -0.15) is 0 Å². The lowest BCUT2D eigenvalue weighted by Crippen LogP contribution is -2.32. The summed E-state index contributed by atoms with van der Waals surface area (Å²) in [6.07, 6.45) is 6.90. The van der Waals surface area contributed by atoms with E-state index >= 15 is 0 Å². The van der Waals surface area contributed by atoms with Crippen molar-refractivity contribution in [3.05, 3.63) is 0 Å². The van der Waals surface area contributed by atoms with Crippen LogP contribution in [0, 0.1) is 0 Å². The van der Waals surface area contributed by atoms with Gasteiger partial charge in [-0.1, -0.05) is 39.5 Å². The Hall–Kier alpha value is -0.570. The molecule has 0 amide bonds. The van der Waals surface area contributed by atoms with Crippen molar-refractivity contribution in [3.63, 3.8) is 0 Å². The van der Waals surface area contributed by atoms with Gasteiger partial charge < -0.3 is 10.1 Å². The van der Waals surface area contributed by atoms with Gasteiger partial charge in [-0.05, 0) is 19.8 Å². The monoisotopic (exact) mass is 229 g/mol. The van der Waals surface area contributed by atoms with Crippen molar-refractivity contribution in [2.24, 2.45) is 0 Å². The summed E-state index contributed by atoms with van der Waals surface area (Å²) in [5, 5.41) is 3.19. The number of nitrogens with one attached hydrogen (secondary N) is 1. The number of unbranched alkanes of at least 4 members (excludes halogenated alkanes) is 3. The first kappa shape index (κ1) is 15.4. The van der Waals surface area contributed by atoms with Gasteiger partial charge in [0.2, 0.25) is 0 Å². The maximum absolute atomic E-state index is 11.3. The standard InChI is InChI=1S/C13H27NO2/c1-4-6-8-9-12(3)14-11-13(15)16-10-7-5-2/h12,14H,4-11H2,1-3H3. The second-order valence-electron chi connectivity index (χ2n) is 4.35. The largest absolute Gasteiger partial charge is 0.465 e. The van der Waals surface area contributed by atoms with E-state index < -0.39 is 0 Å². The van der Waals surface area contributed by atoms with E-state index in [2.05, 4.69) is 26.1 Å². The molecule has 0 fully saturated rings. The summed E-state index contributed by atoms with van der Waals surface area (Å²) in [7, 11) is 0. The van der Waals surface area contributed by atoms with Crippen molar-refractivity contribution < 1.29 is 9.53 Å². The predicted octanol–water partition coefficient (Wildman–Crippen LogP) is 2.89. The normalized spacial score (nSPS) is 12.4. The smallest absolute Gasteiger partial charge is 0.319 e. The van der Waals surface area contributed by atoms with Crippen LogP contribution in [0.15, 0.2) is 0 Å². The average molecular weight is 229 g/mol. The second kappa shape index (κ2) is 10.9. The van der Waals surface area contributed by atoms with E-state index in [1.165, 1.54) is 19.3 Å². The average Bonchev–Trinajstić information content (AvgIpc) is 2.27. The zero-order chi connectivity index (χ0) is 12.2. The number of esters is 1. The zero-order valence-electron chi connectivity index (χ0n) is 11.1. The predicted molar refractivity (Wildman–Crippen MR) is 67.5 cm³/mol. The molecule has 16 heavy (non-hydrogen) atoms. The topological polar surface area (TPSA) is 38.3 Å². The van der Waals surface area contributed by atoms with Gasteiger partial charge in [0.25, 0.3) is 0 Å². The lowest BCUT2D eigenvalue weighted by molar-refractivity contribution is -0.142. The van der Waals surface area contributed by atoms with Crippen LogP contribution in [0.2, 0.25) is 0 Å². The van der Waals surface area contributed by atoms with Gasteiger partial charge in [-0.25, -0.2) is 0 Å². The fraction of sp³-hybridized carbons (Fsp3) is 0.923. The van der Waals surface area contributed by atoms with Crippen LogP contribution in [-0.2, 0) is 9.53 Å². The van der Waals surface area contributed by atoms with Crippen LogP contribution < -0.4 is 5.32 Å². The third-order valence-electron chi connectivity index (χ3n) is 2.60. The molecule has 0 spiro atoms. The van der Waals surface area contributed by atoms with Crippen LogP contribution in [0.4, 0.5) is 0 Å². The van der Waals surface area contributed by atoms with E-state index in [9.17, 15) is 4.79 Å². The van der Waals surface area contributed by atoms with Crippen LogP contribution in [0.25, 0.3) is 0 Å². The highest BCUT2D eigenvalue weighted by atomic mass is 16.5. The second-order valence-corrected chi connectivity index (χ2v) is 4.35. The van der Waals surface area contributed by atoms with Crippen LogP contribution >= 0.6 is 0 Å². The van der Waals surface area contributed by atoms with Crippen LogP contribution in [0.5, 0.6) is 0 Å². The van der Waals surface area contributed by atoms with Crippen molar-refractivity contribution in [1.29, 1.82) is 0 Å². The van der Waals surface area contributed by atoms with Crippen molar-refractivity contribution in [2.45, 2.75) is 65.3 Å². The van der Waals surface area contributed by atoms with E-state index in [4.69, 9.17) is 4.74 Å². The lowest BCUT2D eigenvalue weighted by Gasteiger charge is -2.12. The molecule has 1 N–H and O–H groups in total.